The van der Waals surface area contributed by atoms with Gasteiger partial charge in [-0.15, -0.1) is 10.2 Å². The lowest BCUT2D eigenvalue weighted by atomic mass is 10.2. The lowest BCUT2D eigenvalue weighted by Gasteiger charge is -2.09. The van der Waals surface area contributed by atoms with Gasteiger partial charge in [0.1, 0.15) is 5.82 Å². The zero-order chi connectivity index (χ0) is 19.7. The van der Waals surface area contributed by atoms with E-state index in [1.807, 2.05) is 55.5 Å². The summed E-state index contributed by atoms with van der Waals surface area (Å²) in [6.45, 7) is 5.95. The van der Waals surface area contributed by atoms with Crippen LogP contribution in [0.1, 0.15) is 22.8 Å². The third-order valence-electron chi connectivity index (χ3n) is 4.08. The Morgan fingerprint density at radius 2 is 1.86 bits per heavy atom. The summed E-state index contributed by atoms with van der Waals surface area (Å²) in [5.41, 5.74) is 9.82. The Labute approximate surface area is 165 Å². The Hall–Kier alpha value is -3.27. The number of nitrogens with one attached hydrogen (secondary N) is 1. The standard InChI is InChI=1S/C18H19N9S/c1-10-6-4-5-7-13(10)21-16-23-14(22-15(19)24-16)9-28-18-26-25-17-20-11(2)8-12(3)27(17)18/h4-8H,9H2,1-3H3,(H3,19,21,22,23,24). The van der Waals surface area contributed by atoms with Gasteiger partial charge in [0, 0.05) is 17.1 Å². The van der Waals surface area contributed by atoms with E-state index in [0.29, 0.717) is 23.3 Å². The number of aromatic nitrogens is 7. The van der Waals surface area contributed by atoms with Gasteiger partial charge in [-0.05, 0) is 38.5 Å². The summed E-state index contributed by atoms with van der Waals surface area (Å²) in [4.78, 5) is 17.3. The summed E-state index contributed by atoms with van der Waals surface area (Å²) in [6, 6.07) is 9.89. The molecule has 4 aromatic rings. The average molecular weight is 393 g/mol. The van der Waals surface area contributed by atoms with Gasteiger partial charge in [0.15, 0.2) is 5.16 Å². The number of anilines is 3. The first-order valence-corrected chi connectivity index (χ1v) is 9.63. The molecule has 0 radical (unpaired) electrons. The quantitative estimate of drug-likeness (QED) is 0.493. The molecule has 0 aliphatic heterocycles. The van der Waals surface area contributed by atoms with E-state index in [9.17, 15) is 0 Å². The Kier molecular flexibility index (Phi) is 4.78. The van der Waals surface area contributed by atoms with E-state index in [1.165, 1.54) is 11.8 Å². The van der Waals surface area contributed by atoms with Crippen molar-refractivity contribution in [2.24, 2.45) is 0 Å². The van der Waals surface area contributed by atoms with Gasteiger partial charge in [-0.3, -0.25) is 4.40 Å². The molecule has 3 heterocycles. The second-order valence-corrected chi connectivity index (χ2v) is 7.26. The molecule has 4 rings (SSSR count). The van der Waals surface area contributed by atoms with Crippen molar-refractivity contribution in [2.45, 2.75) is 31.7 Å². The van der Waals surface area contributed by atoms with E-state index in [1.54, 1.807) is 0 Å². The van der Waals surface area contributed by atoms with E-state index >= 15 is 0 Å². The van der Waals surface area contributed by atoms with Crippen molar-refractivity contribution in [3.63, 3.8) is 0 Å². The average Bonchev–Trinajstić information content (AvgIpc) is 3.05. The first-order chi connectivity index (χ1) is 13.5. The van der Waals surface area contributed by atoms with Crippen LogP contribution < -0.4 is 11.1 Å². The maximum absolute atomic E-state index is 5.88. The van der Waals surface area contributed by atoms with Gasteiger partial charge < -0.3 is 11.1 Å². The van der Waals surface area contributed by atoms with Crippen molar-refractivity contribution in [3.05, 3.63) is 53.1 Å². The minimum atomic E-state index is 0.168. The van der Waals surface area contributed by atoms with Crippen LogP contribution in [0.5, 0.6) is 0 Å². The molecule has 3 aromatic heterocycles. The molecule has 0 aliphatic carbocycles. The SMILES string of the molecule is Cc1cc(C)n2c(SCc3nc(N)nc(Nc4ccccc4C)n3)nnc2n1. The molecule has 0 saturated carbocycles. The first kappa shape index (κ1) is 18.1. The highest BCUT2D eigenvalue weighted by Crippen LogP contribution is 2.23. The maximum Gasteiger partial charge on any atom is 0.256 e. The molecule has 3 N–H and O–H groups in total. The van der Waals surface area contributed by atoms with E-state index in [4.69, 9.17) is 5.73 Å². The molecule has 0 unspecified atom stereocenters. The van der Waals surface area contributed by atoms with Crippen molar-refractivity contribution in [1.82, 2.24) is 34.5 Å². The Morgan fingerprint density at radius 1 is 1.04 bits per heavy atom. The van der Waals surface area contributed by atoms with Crippen LogP contribution in [-0.2, 0) is 5.75 Å². The molecule has 10 heteroatoms. The second kappa shape index (κ2) is 7.39. The van der Waals surface area contributed by atoms with Crippen LogP contribution in [0.25, 0.3) is 5.78 Å². The van der Waals surface area contributed by atoms with Gasteiger partial charge in [-0.1, -0.05) is 30.0 Å². The van der Waals surface area contributed by atoms with Crippen LogP contribution in [-0.4, -0.2) is 34.5 Å². The van der Waals surface area contributed by atoms with E-state index in [0.717, 1.165) is 27.8 Å². The van der Waals surface area contributed by atoms with Crippen LogP contribution in [0.3, 0.4) is 0 Å². The fourth-order valence-corrected chi connectivity index (χ4v) is 3.66. The number of nitrogens with zero attached hydrogens (tertiary/aromatic N) is 7. The number of thioether (sulfide) groups is 1. The lowest BCUT2D eigenvalue weighted by Crippen LogP contribution is -2.07. The number of para-hydroxylation sites is 1. The van der Waals surface area contributed by atoms with Crippen molar-refractivity contribution in [2.75, 3.05) is 11.1 Å². The fourth-order valence-electron chi connectivity index (χ4n) is 2.81. The number of aryl methyl sites for hydroxylation is 3. The second-order valence-electron chi connectivity index (χ2n) is 6.32. The molecule has 9 nitrogen and oxygen atoms in total. The number of hydrogen-bond donors (Lipinski definition) is 2. The number of rotatable bonds is 5. The first-order valence-electron chi connectivity index (χ1n) is 8.65. The predicted octanol–water partition coefficient (Wildman–Crippen LogP) is 2.85. The molecule has 0 atom stereocenters. The molecule has 1 aromatic carbocycles. The number of hydrogen-bond acceptors (Lipinski definition) is 9. The zero-order valence-corrected chi connectivity index (χ0v) is 16.5. The zero-order valence-electron chi connectivity index (χ0n) is 15.7. The highest BCUT2D eigenvalue weighted by Gasteiger charge is 2.12. The molecule has 0 aliphatic rings. The molecule has 0 amide bonds. The highest BCUT2D eigenvalue weighted by atomic mass is 32.2. The van der Waals surface area contributed by atoms with Gasteiger partial charge >= 0.3 is 0 Å². The summed E-state index contributed by atoms with van der Waals surface area (Å²) in [6.07, 6.45) is 0. The summed E-state index contributed by atoms with van der Waals surface area (Å²) < 4.78 is 1.91. The molecule has 0 spiro atoms. The van der Waals surface area contributed by atoms with Gasteiger partial charge in [0.25, 0.3) is 5.78 Å². The number of nitrogen functional groups attached to an aromatic ring is 1. The normalized spacial score (nSPS) is 11.1. The highest BCUT2D eigenvalue weighted by molar-refractivity contribution is 7.98. The molecular formula is C18H19N9S. The molecule has 142 valence electrons. The third kappa shape index (κ3) is 3.72. The number of nitrogens with two attached hydrogens (primary N) is 1. The fraction of sp³-hybridized carbons (Fsp3) is 0.222. The Balaban J connectivity index is 1.56. The van der Waals surface area contributed by atoms with E-state index < -0.39 is 0 Å². The summed E-state index contributed by atoms with van der Waals surface area (Å²) >= 11 is 1.47. The van der Waals surface area contributed by atoms with Gasteiger partial charge in [-0.2, -0.15) is 15.0 Å². The molecule has 0 bridgehead atoms. The number of fused-ring (bicyclic) bond motifs is 1. The maximum atomic E-state index is 5.88. The van der Waals surface area contributed by atoms with Crippen molar-refractivity contribution < 1.29 is 0 Å². The third-order valence-corrected chi connectivity index (χ3v) is 5.01. The van der Waals surface area contributed by atoms with Crippen LogP contribution in [0.2, 0.25) is 0 Å². The smallest absolute Gasteiger partial charge is 0.256 e. The molecule has 28 heavy (non-hydrogen) atoms. The van der Waals surface area contributed by atoms with Gasteiger partial charge in [0.05, 0.1) is 5.75 Å². The molecular weight excluding hydrogens is 374 g/mol. The molecule has 0 fully saturated rings. The van der Waals surface area contributed by atoms with Crippen molar-refractivity contribution >= 4 is 35.1 Å². The Bertz CT molecular complexity index is 1160. The topological polar surface area (TPSA) is 120 Å². The van der Waals surface area contributed by atoms with Crippen molar-refractivity contribution in [1.29, 1.82) is 0 Å². The monoisotopic (exact) mass is 393 g/mol. The van der Waals surface area contributed by atoms with Crippen LogP contribution in [0.4, 0.5) is 17.6 Å². The summed E-state index contributed by atoms with van der Waals surface area (Å²) in [7, 11) is 0. The largest absolute Gasteiger partial charge is 0.368 e. The van der Waals surface area contributed by atoms with Crippen LogP contribution >= 0.6 is 11.8 Å². The summed E-state index contributed by atoms with van der Waals surface area (Å²) in [5.74, 6) is 2.20. The van der Waals surface area contributed by atoms with Gasteiger partial charge in [0.2, 0.25) is 11.9 Å². The van der Waals surface area contributed by atoms with E-state index in [2.05, 4.69) is 35.5 Å². The summed E-state index contributed by atoms with van der Waals surface area (Å²) in [5, 5.41) is 12.3. The van der Waals surface area contributed by atoms with E-state index in [-0.39, 0.29) is 5.95 Å². The molecule has 0 saturated heterocycles. The number of benzene rings is 1. The minimum Gasteiger partial charge on any atom is -0.368 e. The van der Waals surface area contributed by atoms with Crippen LogP contribution in [0, 0.1) is 20.8 Å². The minimum absolute atomic E-state index is 0.168. The predicted molar refractivity (Wildman–Crippen MR) is 109 cm³/mol. The van der Waals surface area contributed by atoms with Crippen LogP contribution in [0.15, 0.2) is 35.5 Å². The van der Waals surface area contributed by atoms with Gasteiger partial charge in [-0.25, -0.2) is 4.98 Å². The lowest BCUT2D eigenvalue weighted by molar-refractivity contribution is 0.882. The Morgan fingerprint density at radius 3 is 2.68 bits per heavy atom. The van der Waals surface area contributed by atoms with Crippen molar-refractivity contribution in [3.8, 4) is 0 Å².